The molecule has 1 aliphatic rings. The molecule has 12 heteroatoms. The number of aryl methyl sites for hydroxylation is 2. The molecule has 1 aliphatic heterocycles. The van der Waals surface area contributed by atoms with Crippen molar-refractivity contribution in [2.45, 2.75) is 31.6 Å². The van der Waals surface area contributed by atoms with Crippen molar-refractivity contribution in [3.8, 4) is 11.3 Å². The Morgan fingerprint density at radius 2 is 2.00 bits per heavy atom. The van der Waals surface area contributed by atoms with Crippen LogP contribution in [0.25, 0.3) is 11.3 Å². The van der Waals surface area contributed by atoms with Gasteiger partial charge in [0.15, 0.2) is 5.69 Å². The van der Waals surface area contributed by atoms with E-state index in [1.54, 1.807) is 22.9 Å². The SMILES string of the molecule is COC(=O)c1cc(-c2cc3n(n2)CCC[C@@H]3NC(=O)c2cc(C(F)(F)F)nn2C)ccn1. The van der Waals surface area contributed by atoms with Crippen LogP contribution in [0.3, 0.4) is 0 Å². The fourth-order valence-corrected chi connectivity index (χ4v) is 3.63. The van der Waals surface area contributed by atoms with Crippen molar-refractivity contribution < 1.29 is 27.5 Å². The summed E-state index contributed by atoms with van der Waals surface area (Å²) in [7, 11) is 2.55. The number of hydrogen-bond acceptors (Lipinski definition) is 6. The number of amides is 1. The summed E-state index contributed by atoms with van der Waals surface area (Å²) in [6, 6.07) is 5.32. The molecule has 168 valence electrons. The Morgan fingerprint density at radius 3 is 2.69 bits per heavy atom. The molecule has 1 atom stereocenters. The van der Waals surface area contributed by atoms with Crippen molar-refractivity contribution in [1.29, 1.82) is 0 Å². The highest BCUT2D eigenvalue weighted by molar-refractivity contribution is 5.93. The van der Waals surface area contributed by atoms with E-state index in [0.29, 0.717) is 29.9 Å². The molecule has 0 unspecified atom stereocenters. The van der Waals surface area contributed by atoms with E-state index in [9.17, 15) is 22.8 Å². The van der Waals surface area contributed by atoms with Gasteiger partial charge < -0.3 is 10.1 Å². The van der Waals surface area contributed by atoms with E-state index in [4.69, 9.17) is 4.74 Å². The number of carbonyl (C=O) groups is 2. The van der Waals surface area contributed by atoms with E-state index >= 15 is 0 Å². The summed E-state index contributed by atoms with van der Waals surface area (Å²) >= 11 is 0. The van der Waals surface area contributed by atoms with Gasteiger partial charge in [-0.25, -0.2) is 9.78 Å². The van der Waals surface area contributed by atoms with Crippen molar-refractivity contribution >= 4 is 11.9 Å². The van der Waals surface area contributed by atoms with Gasteiger partial charge in [0.25, 0.3) is 5.91 Å². The zero-order chi connectivity index (χ0) is 23.0. The van der Waals surface area contributed by atoms with Gasteiger partial charge in [0.05, 0.1) is 24.5 Å². The number of pyridine rings is 1. The number of methoxy groups -OCH3 is 1. The van der Waals surface area contributed by atoms with Crippen molar-refractivity contribution in [2.24, 2.45) is 7.05 Å². The van der Waals surface area contributed by atoms with Crippen LogP contribution >= 0.6 is 0 Å². The van der Waals surface area contributed by atoms with E-state index in [1.165, 1.54) is 20.4 Å². The first-order chi connectivity index (χ1) is 15.2. The number of carbonyl (C=O) groups excluding carboxylic acids is 2. The second-order valence-electron chi connectivity index (χ2n) is 7.30. The molecule has 3 aromatic rings. The summed E-state index contributed by atoms with van der Waals surface area (Å²) in [6.45, 7) is 0.626. The summed E-state index contributed by atoms with van der Waals surface area (Å²) in [6.07, 6.45) is -1.84. The van der Waals surface area contributed by atoms with Gasteiger partial charge in [-0.15, -0.1) is 0 Å². The monoisotopic (exact) mass is 448 g/mol. The van der Waals surface area contributed by atoms with Gasteiger partial charge in [0.1, 0.15) is 11.4 Å². The fraction of sp³-hybridized carbons (Fsp3) is 0.350. The maximum Gasteiger partial charge on any atom is 0.435 e. The number of rotatable bonds is 4. The zero-order valence-corrected chi connectivity index (χ0v) is 17.2. The third-order valence-corrected chi connectivity index (χ3v) is 5.19. The molecule has 3 aromatic heterocycles. The quantitative estimate of drug-likeness (QED) is 0.616. The van der Waals surface area contributed by atoms with Crippen LogP contribution in [0, 0.1) is 0 Å². The smallest absolute Gasteiger partial charge is 0.435 e. The highest BCUT2D eigenvalue weighted by atomic mass is 19.4. The maximum atomic E-state index is 12.9. The van der Waals surface area contributed by atoms with E-state index in [2.05, 4.69) is 20.5 Å². The topological polar surface area (TPSA) is 104 Å². The molecule has 32 heavy (non-hydrogen) atoms. The standard InChI is InChI=1S/C20H19F3N6O3/c1-28-16(10-17(27-28)20(21,22)23)18(30)25-12-4-3-7-29-15(12)9-13(26-29)11-5-6-24-14(8-11)19(31)32-2/h5-6,8-10,12H,3-4,7H2,1-2H3,(H,25,30)/t12-/m0/s1. The molecule has 0 aromatic carbocycles. The van der Waals surface area contributed by atoms with Gasteiger partial charge in [-0.05, 0) is 31.0 Å². The molecule has 0 fully saturated rings. The summed E-state index contributed by atoms with van der Waals surface area (Å²) in [5, 5.41) is 10.7. The third-order valence-electron chi connectivity index (χ3n) is 5.19. The molecule has 9 nitrogen and oxygen atoms in total. The first-order valence-corrected chi connectivity index (χ1v) is 9.72. The van der Waals surface area contributed by atoms with Crippen LogP contribution in [-0.4, -0.2) is 43.5 Å². The number of aromatic nitrogens is 5. The van der Waals surface area contributed by atoms with Crippen LogP contribution < -0.4 is 5.32 Å². The zero-order valence-electron chi connectivity index (χ0n) is 17.2. The van der Waals surface area contributed by atoms with E-state index in [0.717, 1.165) is 17.2 Å². The Hall–Kier alpha value is -3.70. The van der Waals surface area contributed by atoms with Crippen molar-refractivity contribution in [2.75, 3.05) is 7.11 Å². The van der Waals surface area contributed by atoms with Gasteiger partial charge in [0.2, 0.25) is 0 Å². The first kappa shape index (κ1) is 21.5. The number of hydrogen-bond donors (Lipinski definition) is 1. The lowest BCUT2D eigenvalue weighted by atomic mass is 10.0. The summed E-state index contributed by atoms with van der Waals surface area (Å²) in [5.41, 5.74) is 0.764. The summed E-state index contributed by atoms with van der Waals surface area (Å²) in [5.74, 6) is -1.23. The lowest BCUT2D eigenvalue weighted by Crippen LogP contribution is -2.33. The minimum Gasteiger partial charge on any atom is -0.464 e. The van der Waals surface area contributed by atoms with Gasteiger partial charge in [-0.3, -0.25) is 14.2 Å². The number of nitrogens with one attached hydrogen (secondary N) is 1. The number of ether oxygens (including phenoxy) is 1. The Bertz CT molecular complexity index is 1180. The highest BCUT2D eigenvalue weighted by Gasteiger charge is 2.36. The lowest BCUT2D eigenvalue weighted by Gasteiger charge is -2.24. The second-order valence-corrected chi connectivity index (χ2v) is 7.30. The second kappa shape index (κ2) is 8.09. The Morgan fingerprint density at radius 1 is 1.22 bits per heavy atom. The highest BCUT2D eigenvalue weighted by Crippen LogP contribution is 2.31. The largest absolute Gasteiger partial charge is 0.464 e. The normalized spacial score (nSPS) is 15.8. The number of fused-ring (bicyclic) bond motifs is 1. The van der Waals surface area contributed by atoms with Crippen molar-refractivity contribution in [3.05, 3.63) is 53.2 Å². The Balaban J connectivity index is 1.59. The van der Waals surface area contributed by atoms with Gasteiger partial charge in [0, 0.05) is 31.4 Å². The molecule has 4 rings (SSSR count). The molecule has 0 radical (unpaired) electrons. The van der Waals surface area contributed by atoms with Crippen LogP contribution in [0.1, 0.15) is 51.2 Å². The van der Waals surface area contributed by atoms with Crippen LogP contribution in [0.15, 0.2) is 30.5 Å². The summed E-state index contributed by atoms with van der Waals surface area (Å²) in [4.78, 5) is 28.4. The van der Waals surface area contributed by atoms with Gasteiger partial charge in [-0.1, -0.05) is 0 Å². The molecule has 0 bridgehead atoms. The summed E-state index contributed by atoms with van der Waals surface area (Å²) < 4.78 is 46.1. The predicted octanol–water partition coefficient (Wildman–Crippen LogP) is 2.75. The van der Waals surface area contributed by atoms with Crippen LogP contribution in [0.4, 0.5) is 13.2 Å². The predicted molar refractivity (Wildman–Crippen MR) is 104 cm³/mol. The Kier molecular flexibility index (Phi) is 5.45. The molecular formula is C20H19F3N6O3. The molecule has 0 saturated carbocycles. The van der Waals surface area contributed by atoms with Crippen LogP contribution in [0.2, 0.25) is 0 Å². The van der Waals surface area contributed by atoms with E-state index in [-0.39, 0.29) is 11.4 Å². The van der Waals surface area contributed by atoms with Gasteiger partial charge >= 0.3 is 12.1 Å². The molecule has 0 spiro atoms. The first-order valence-electron chi connectivity index (χ1n) is 9.72. The number of alkyl halides is 3. The van der Waals surface area contributed by atoms with Crippen molar-refractivity contribution in [1.82, 2.24) is 29.9 Å². The average Bonchev–Trinajstić information content (AvgIpc) is 3.37. The molecular weight excluding hydrogens is 429 g/mol. The molecule has 1 amide bonds. The minimum absolute atomic E-state index is 0.137. The lowest BCUT2D eigenvalue weighted by molar-refractivity contribution is -0.141. The van der Waals surface area contributed by atoms with Crippen LogP contribution in [-0.2, 0) is 24.5 Å². The number of esters is 1. The average molecular weight is 448 g/mol. The van der Waals surface area contributed by atoms with Crippen LogP contribution in [0.5, 0.6) is 0 Å². The fourth-order valence-electron chi connectivity index (χ4n) is 3.63. The maximum absolute atomic E-state index is 12.9. The van der Waals surface area contributed by atoms with E-state index < -0.39 is 29.8 Å². The molecule has 0 saturated heterocycles. The molecule has 0 aliphatic carbocycles. The number of halogens is 3. The minimum atomic E-state index is -4.64. The third kappa shape index (κ3) is 4.07. The molecule has 4 heterocycles. The number of nitrogens with zero attached hydrogens (tertiary/aromatic N) is 5. The van der Waals surface area contributed by atoms with Crippen molar-refractivity contribution in [3.63, 3.8) is 0 Å². The van der Waals surface area contributed by atoms with E-state index in [1.807, 2.05) is 0 Å². The molecule has 1 N–H and O–H groups in total. The van der Waals surface area contributed by atoms with Gasteiger partial charge in [-0.2, -0.15) is 23.4 Å². The Labute approximate surface area is 180 Å².